The van der Waals surface area contributed by atoms with Crippen LogP contribution in [-0.2, 0) is 4.74 Å². The molecule has 30 heavy (non-hydrogen) atoms. The maximum atomic E-state index is 14.6. The Hall–Kier alpha value is -3.51. The number of nitrogens with one attached hydrogen (secondary N) is 1. The molecule has 0 bridgehead atoms. The Morgan fingerprint density at radius 3 is 2.23 bits per heavy atom. The number of ketones is 1. The fourth-order valence-corrected chi connectivity index (χ4v) is 3.47. The summed E-state index contributed by atoms with van der Waals surface area (Å²) in [6.45, 7) is 2.36. The van der Waals surface area contributed by atoms with Crippen LogP contribution >= 0.6 is 0 Å². The quantitative estimate of drug-likeness (QED) is 0.649. The Kier molecular flexibility index (Phi) is 5.86. The van der Waals surface area contributed by atoms with Gasteiger partial charge in [-0.3, -0.25) is 9.59 Å². The van der Waals surface area contributed by atoms with E-state index in [0.29, 0.717) is 48.8 Å². The van der Waals surface area contributed by atoms with Crippen LogP contribution in [0, 0.1) is 5.82 Å². The Labute approximate surface area is 174 Å². The summed E-state index contributed by atoms with van der Waals surface area (Å²) in [6.07, 6.45) is 0. The number of morpholine rings is 1. The van der Waals surface area contributed by atoms with Gasteiger partial charge < -0.3 is 15.0 Å². The highest BCUT2D eigenvalue weighted by Gasteiger charge is 2.19. The van der Waals surface area contributed by atoms with Crippen molar-refractivity contribution < 1.29 is 18.7 Å². The van der Waals surface area contributed by atoms with Gasteiger partial charge in [0.25, 0.3) is 5.91 Å². The molecule has 4 rings (SSSR count). The molecule has 3 aromatic carbocycles. The topological polar surface area (TPSA) is 58.6 Å². The number of carbonyl (C=O) groups is 2. The third-order valence-electron chi connectivity index (χ3n) is 5.01. The lowest BCUT2D eigenvalue weighted by Crippen LogP contribution is -2.36. The van der Waals surface area contributed by atoms with Gasteiger partial charge in [-0.2, -0.15) is 0 Å². The molecule has 0 atom stereocenters. The van der Waals surface area contributed by atoms with Crippen molar-refractivity contribution >= 4 is 23.1 Å². The van der Waals surface area contributed by atoms with E-state index >= 15 is 0 Å². The molecule has 0 radical (unpaired) electrons. The summed E-state index contributed by atoms with van der Waals surface area (Å²) in [5.41, 5.74) is 1.85. The lowest BCUT2D eigenvalue weighted by atomic mass is 9.98. The van der Waals surface area contributed by atoms with Crippen molar-refractivity contribution in [3.8, 4) is 0 Å². The zero-order valence-corrected chi connectivity index (χ0v) is 16.3. The highest BCUT2D eigenvalue weighted by atomic mass is 19.1. The number of ether oxygens (including phenoxy) is 1. The molecule has 1 aliphatic heterocycles. The van der Waals surface area contributed by atoms with E-state index in [1.54, 1.807) is 60.7 Å². The number of amides is 1. The van der Waals surface area contributed by atoms with Gasteiger partial charge in [0, 0.05) is 29.9 Å². The van der Waals surface area contributed by atoms with Crippen molar-refractivity contribution in [2.75, 3.05) is 36.5 Å². The lowest BCUT2D eigenvalue weighted by molar-refractivity contribution is 0.0996. The number of rotatable bonds is 5. The van der Waals surface area contributed by atoms with E-state index in [4.69, 9.17) is 4.74 Å². The summed E-state index contributed by atoms with van der Waals surface area (Å²) in [7, 11) is 0. The minimum Gasteiger partial charge on any atom is -0.378 e. The standard InChI is InChI=1S/C24H21FN2O3/c25-21-16-18(10-11-22(21)27-12-14-30-15-13-27)26-24(29)20-9-5-4-8-19(20)23(28)17-6-2-1-3-7-17/h1-11,16H,12-15H2,(H,26,29). The lowest BCUT2D eigenvalue weighted by Gasteiger charge is -2.29. The van der Waals surface area contributed by atoms with E-state index in [-0.39, 0.29) is 11.3 Å². The van der Waals surface area contributed by atoms with E-state index in [2.05, 4.69) is 5.32 Å². The average Bonchev–Trinajstić information content (AvgIpc) is 2.80. The molecule has 1 heterocycles. The second kappa shape index (κ2) is 8.88. The molecular formula is C24H21FN2O3. The van der Waals surface area contributed by atoms with Gasteiger partial charge in [0.15, 0.2) is 5.78 Å². The van der Waals surface area contributed by atoms with Crippen LogP contribution in [0.4, 0.5) is 15.8 Å². The number of hydrogen-bond acceptors (Lipinski definition) is 4. The zero-order valence-electron chi connectivity index (χ0n) is 16.3. The zero-order chi connectivity index (χ0) is 20.9. The van der Waals surface area contributed by atoms with Gasteiger partial charge in [0.1, 0.15) is 5.82 Å². The number of nitrogens with zero attached hydrogens (tertiary/aromatic N) is 1. The van der Waals surface area contributed by atoms with Gasteiger partial charge >= 0.3 is 0 Å². The Morgan fingerprint density at radius 2 is 1.53 bits per heavy atom. The van der Waals surface area contributed by atoms with Crippen molar-refractivity contribution in [1.82, 2.24) is 0 Å². The van der Waals surface area contributed by atoms with Crippen LogP contribution < -0.4 is 10.2 Å². The fraction of sp³-hybridized carbons (Fsp3) is 0.167. The second-order valence-electron chi connectivity index (χ2n) is 6.96. The van der Waals surface area contributed by atoms with Crippen LogP contribution in [0.5, 0.6) is 0 Å². The first-order valence-corrected chi connectivity index (χ1v) is 9.76. The van der Waals surface area contributed by atoms with Gasteiger partial charge in [-0.1, -0.05) is 48.5 Å². The van der Waals surface area contributed by atoms with Crippen molar-refractivity contribution in [3.63, 3.8) is 0 Å². The van der Waals surface area contributed by atoms with Gasteiger partial charge in [-0.15, -0.1) is 0 Å². The molecule has 1 amide bonds. The van der Waals surface area contributed by atoms with Crippen molar-refractivity contribution in [2.45, 2.75) is 0 Å². The number of hydrogen-bond donors (Lipinski definition) is 1. The van der Waals surface area contributed by atoms with E-state index < -0.39 is 11.7 Å². The molecule has 0 unspecified atom stereocenters. The highest BCUT2D eigenvalue weighted by Crippen LogP contribution is 2.24. The van der Waals surface area contributed by atoms with Crippen molar-refractivity contribution in [3.05, 3.63) is 95.3 Å². The fourth-order valence-electron chi connectivity index (χ4n) is 3.47. The first-order valence-electron chi connectivity index (χ1n) is 9.76. The molecule has 6 heteroatoms. The van der Waals surface area contributed by atoms with Gasteiger partial charge in [0.2, 0.25) is 0 Å². The van der Waals surface area contributed by atoms with Crippen LogP contribution in [0.25, 0.3) is 0 Å². The highest BCUT2D eigenvalue weighted by molar-refractivity contribution is 6.17. The maximum absolute atomic E-state index is 14.6. The molecule has 0 saturated carbocycles. The van der Waals surface area contributed by atoms with Gasteiger partial charge in [-0.05, 0) is 24.3 Å². The normalized spacial score (nSPS) is 13.7. The molecule has 0 spiro atoms. The number of carbonyl (C=O) groups excluding carboxylic acids is 2. The SMILES string of the molecule is O=C(Nc1ccc(N2CCOCC2)c(F)c1)c1ccccc1C(=O)c1ccccc1. The molecule has 1 N–H and O–H groups in total. The largest absolute Gasteiger partial charge is 0.378 e. The van der Waals surface area contributed by atoms with Crippen molar-refractivity contribution in [2.24, 2.45) is 0 Å². The third kappa shape index (κ3) is 4.23. The minimum atomic E-state index is -0.464. The average molecular weight is 404 g/mol. The van der Waals surface area contributed by atoms with Crippen LogP contribution in [0.15, 0.2) is 72.8 Å². The predicted molar refractivity (Wildman–Crippen MR) is 114 cm³/mol. The maximum Gasteiger partial charge on any atom is 0.256 e. The first kappa shape index (κ1) is 19.8. The summed E-state index contributed by atoms with van der Waals surface area (Å²) < 4.78 is 19.9. The van der Waals surface area contributed by atoms with E-state index in [1.165, 1.54) is 6.07 Å². The summed E-state index contributed by atoms with van der Waals surface area (Å²) in [5.74, 6) is -1.12. The predicted octanol–water partition coefficient (Wildman–Crippen LogP) is 4.15. The molecule has 3 aromatic rings. The molecule has 1 saturated heterocycles. The third-order valence-corrected chi connectivity index (χ3v) is 5.01. The van der Waals surface area contributed by atoms with Crippen LogP contribution in [-0.4, -0.2) is 38.0 Å². The van der Waals surface area contributed by atoms with Gasteiger partial charge in [0.05, 0.1) is 24.5 Å². The molecule has 0 aromatic heterocycles. The smallest absolute Gasteiger partial charge is 0.256 e. The van der Waals surface area contributed by atoms with E-state index in [0.717, 1.165) is 0 Å². The molecule has 152 valence electrons. The minimum absolute atomic E-state index is 0.240. The molecule has 1 aliphatic rings. The second-order valence-corrected chi connectivity index (χ2v) is 6.96. The summed E-state index contributed by atoms with van der Waals surface area (Å²) in [4.78, 5) is 27.6. The Balaban J connectivity index is 1.55. The molecule has 0 aliphatic carbocycles. The van der Waals surface area contributed by atoms with E-state index in [9.17, 15) is 14.0 Å². The summed E-state index contributed by atoms with van der Waals surface area (Å²) >= 11 is 0. The summed E-state index contributed by atoms with van der Waals surface area (Å²) in [5, 5.41) is 2.70. The Bertz CT molecular complexity index is 1060. The number of benzene rings is 3. The molecule has 1 fully saturated rings. The first-order chi connectivity index (χ1) is 14.6. The Morgan fingerprint density at radius 1 is 0.867 bits per heavy atom. The molecule has 5 nitrogen and oxygen atoms in total. The summed E-state index contributed by atoms with van der Waals surface area (Å²) in [6, 6.07) is 20.0. The monoisotopic (exact) mass is 404 g/mol. The number of anilines is 2. The van der Waals surface area contributed by atoms with Crippen LogP contribution in [0.2, 0.25) is 0 Å². The van der Waals surface area contributed by atoms with Crippen molar-refractivity contribution in [1.29, 1.82) is 0 Å². The van der Waals surface area contributed by atoms with Crippen LogP contribution in [0.1, 0.15) is 26.3 Å². The van der Waals surface area contributed by atoms with Crippen LogP contribution in [0.3, 0.4) is 0 Å². The van der Waals surface area contributed by atoms with Gasteiger partial charge in [-0.25, -0.2) is 4.39 Å². The number of halogens is 1. The molecular weight excluding hydrogens is 383 g/mol. The van der Waals surface area contributed by atoms with E-state index in [1.807, 2.05) is 11.0 Å².